The zero-order valence-corrected chi connectivity index (χ0v) is 11.7. The number of benzene rings is 1. The van der Waals surface area contributed by atoms with Crippen LogP contribution in [0.25, 0.3) is 0 Å². The van der Waals surface area contributed by atoms with Gasteiger partial charge in [0.15, 0.2) is 0 Å². The van der Waals surface area contributed by atoms with Crippen LogP contribution in [0.3, 0.4) is 0 Å². The van der Waals surface area contributed by atoms with E-state index in [-0.39, 0.29) is 0 Å². The fraction of sp³-hybridized carbons (Fsp3) is 0.571. The van der Waals surface area contributed by atoms with Gasteiger partial charge < -0.3 is 10.1 Å². The van der Waals surface area contributed by atoms with E-state index in [9.17, 15) is 0 Å². The van der Waals surface area contributed by atoms with E-state index in [0.29, 0.717) is 0 Å². The molecule has 0 bridgehead atoms. The minimum Gasteiger partial charge on any atom is -0.492 e. The minimum atomic E-state index is 0.720. The first-order valence-electron chi connectivity index (χ1n) is 6.46. The third kappa shape index (κ3) is 4.68. The van der Waals surface area contributed by atoms with Crippen LogP contribution in [-0.2, 0) is 0 Å². The first-order chi connectivity index (χ1) is 8.34. The lowest BCUT2D eigenvalue weighted by Gasteiger charge is -2.22. The van der Waals surface area contributed by atoms with Crippen LogP contribution in [0.5, 0.6) is 5.75 Å². The summed E-state index contributed by atoms with van der Waals surface area (Å²) < 4.78 is 6.76. The Hall–Kier alpha value is -0.540. The second-order valence-electron chi connectivity index (χ2n) is 4.59. The summed E-state index contributed by atoms with van der Waals surface area (Å²) in [6, 6.07) is 8.71. The summed E-state index contributed by atoms with van der Waals surface area (Å²) in [5.74, 6) is 0.943. The van der Waals surface area contributed by atoms with Gasteiger partial charge in [0.2, 0.25) is 0 Å². The van der Waals surface area contributed by atoms with Gasteiger partial charge in [-0.1, -0.05) is 35.2 Å². The number of nitrogens with one attached hydrogen (secondary N) is 1. The Labute approximate surface area is 112 Å². The Bertz CT molecular complexity index is 319. The standard InChI is InChI=1S/C14H20BrNO/c15-12-6-8-14(9-7-12)17-11-10-16-13-4-2-1-3-5-13/h6-9,13,16H,1-5,10-11H2. The summed E-state index contributed by atoms with van der Waals surface area (Å²) in [7, 11) is 0. The summed E-state index contributed by atoms with van der Waals surface area (Å²) >= 11 is 3.41. The van der Waals surface area contributed by atoms with E-state index in [0.717, 1.165) is 29.4 Å². The molecule has 1 aliphatic carbocycles. The second kappa shape index (κ2) is 7.02. The molecule has 0 unspecified atom stereocenters. The van der Waals surface area contributed by atoms with Crippen molar-refractivity contribution in [1.29, 1.82) is 0 Å². The lowest BCUT2D eigenvalue weighted by atomic mass is 9.96. The quantitative estimate of drug-likeness (QED) is 0.836. The molecule has 0 saturated heterocycles. The maximum atomic E-state index is 5.67. The SMILES string of the molecule is Brc1ccc(OCCNC2CCCCC2)cc1. The van der Waals surface area contributed by atoms with Gasteiger partial charge in [-0.3, -0.25) is 0 Å². The lowest BCUT2D eigenvalue weighted by molar-refractivity contribution is 0.289. The fourth-order valence-corrected chi connectivity index (χ4v) is 2.53. The molecule has 0 aromatic heterocycles. The monoisotopic (exact) mass is 297 g/mol. The molecule has 2 rings (SSSR count). The topological polar surface area (TPSA) is 21.3 Å². The first kappa shape index (κ1) is 12.9. The van der Waals surface area contributed by atoms with Gasteiger partial charge in [-0.25, -0.2) is 0 Å². The molecular formula is C14H20BrNO. The summed E-state index contributed by atoms with van der Waals surface area (Å²) in [5, 5.41) is 3.57. The van der Waals surface area contributed by atoms with Crippen molar-refractivity contribution in [2.75, 3.05) is 13.2 Å². The van der Waals surface area contributed by atoms with Crippen LogP contribution < -0.4 is 10.1 Å². The van der Waals surface area contributed by atoms with Crippen LogP contribution in [0.4, 0.5) is 0 Å². The Kier molecular flexibility index (Phi) is 5.33. The van der Waals surface area contributed by atoms with E-state index in [4.69, 9.17) is 4.74 Å². The van der Waals surface area contributed by atoms with Crippen molar-refractivity contribution in [3.8, 4) is 5.75 Å². The summed E-state index contributed by atoms with van der Waals surface area (Å²) in [4.78, 5) is 0. The van der Waals surface area contributed by atoms with Crippen molar-refractivity contribution in [3.05, 3.63) is 28.7 Å². The number of hydrogen-bond acceptors (Lipinski definition) is 2. The molecule has 1 saturated carbocycles. The Morgan fingerprint density at radius 3 is 2.53 bits per heavy atom. The number of ether oxygens (including phenoxy) is 1. The van der Waals surface area contributed by atoms with Gasteiger partial charge in [-0.2, -0.15) is 0 Å². The lowest BCUT2D eigenvalue weighted by Crippen LogP contribution is -2.34. The highest BCUT2D eigenvalue weighted by Crippen LogP contribution is 2.17. The third-order valence-corrected chi connectivity index (χ3v) is 3.75. The Morgan fingerprint density at radius 2 is 1.82 bits per heavy atom. The van der Waals surface area contributed by atoms with Crippen molar-refractivity contribution in [2.24, 2.45) is 0 Å². The normalized spacial score (nSPS) is 17.0. The summed E-state index contributed by atoms with van der Waals surface area (Å²) in [6.45, 7) is 1.69. The smallest absolute Gasteiger partial charge is 0.119 e. The van der Waals surface area contributed by atoms with Crippen molar-refractivity contribution < 1.29 is 4.74 Å². The summed E-state index contributed by atoms with van der Waals surface area (Å²) in [5.41, 5.74) is 0. The molecule has 1 N–H and O–H groups in total. The van der Waals surface area contributed by atoms with E-state index in [1.54, 1.807) is 0 Å². The molecule has 0 heterocycles. The molecule has 1 aromatic rings. The first-order valence-corrected chi connectivity index (χ1v) is 7.25. The predicted octanol–water partition coefficient (Wildman–Crippen LogP) is 3.75. The van der Waals surface area contributed by atoms with Gasteiger partial charge in [0.1, 0.15) is 12.4 Å². The molecule has 1 aliphatic rings. The molecule has 3 heteroatoms. The maximum Gasteiger partial charge on any atom is 0.119 e. The molecule has 0 spiro atoms. The number of halogens is 1. The van der Waals surface area contributed by atoms with Crippen molar-refractivity contribution in [1.82, 2.24) is 5.32 Å². The van der Waals surface area contributed by atoms with Gasteiger partial charge in [0.05, 0.1) is 0 Å². The van der Waals surface area contributed by atoms with Gasteiger partial charge in [-0.15, -0.1) is 0 Å². The summed E-state index contributed by atoms with van der Waals surface area (Å²) in [6.07, 6.45) is 6.83. The van der Waals surface area contributed by atoms with Crippen molar-refractivity contribution in [3.63, 3.8) is 0 Å². The molecule has 0 radical (unpaired) electrons. The van der Waals surface area contributed by atoms with E-state index < -0.39 is 0 Å². The van der Waals surface area contributed by atoms with Crippen LogP contribution in [0.1, 0.15) is 32.1 Å². The number of rotatable bonds is 5. The van der Waals surface area contributed by atoms with Gasteiger partial charge in [0.25, 0.3) is 0 Å². The molecule has 1 aromatic carbocycles. The van der Waals surface area contributed by atoms with Crippen LogP contribution in [0.2, 0.25) is 0 Å². The molecular weight excluding hydrogens is 278 g/mol. The highest BCUT2D eigenvalue weighted by molar-refractivity contribution is 9.10. The second-order valence-corrected chi connectivity index (χ2v) is 5.51. The minimum absolute atomic E-state index is 0.720. The van der Waals surface area contributed by atoms with Crippen molar-refractivity contribution in [2.45, 2.75) is 38.1 Å². The molecule has 94 valence electrons. The maximum absolute atomic E-state index is 5.67. The van der Waals surface area contributed by atoms with E-state index in [2.05, 4.69) is 21.2 Å². The number of hydrogen-bond donors (Lipinski definition) is 1. The highest BCUT2D eigenvalue weighted by atomic mass is 79.9. The molecule has 2 nitrogen and oxygen atoms in total. The fourth-order valence-electron chi connectivity index (χ4n) is 2.27. The van der Waals surface area contributed by atoms with E-state index in [1.165, 1.54) is 32.1 Å². The van der Waals surface area contributed by atoms with Gasteiger partial charge >= 0.3 is 0 Å². The van der Waals surface area contributed by atoms with E-state index in [1.807, 2.05) is 24.3 Å². The zero-order valence-electron chi connectivity index (χ0n) is 10.1. The highest BCUT2D eigenvalue weighted by Gasteiger charge is 2.11. The Balaban J connectivity index is 1.60. The average Bonchev–Trinajstić information content (AvgIpc) is 2.38. The van der Waals surface area contributed by atoms with Crippen LogP contribution >= 0.6 is 15.9 Å². The third-order valence-electron chi connectivity index (χ3n) is 3.22. The van der Waals surface area contributed by atoms with E-state index >= 15 is 0 Å². The van der Waals surface area contributed by atoms with Gasteiger partial charge in [0, 0.05) is 17.1 Å². The molecule has 0 atom stereocenters. The Morgan fingerprint density at radius 1 is 1.12 bits per heavy atom. The molecule has 0 aliphatic heterocycles. The van der Waals surface area contributed by atoms with Crippen molar-refractivity contribution >= 4 is 15.9 Å². The molecule has 1 fully saturated rings. The molecule has 0 amide bonds. The predicted molar refractivity (Wildman–Crippen MR) is 74.5 cm³/mol. The molecule has 17 heavy (non-hydrogen) atoms. The van der Waals surface area contributed by atoms with Crippen LogP contribution in [0.15, 0.2) is 28.7 Å². The zero-order chi connectivity index (χ0) is 11.9. The van der Waals surface area contributed by atoms with Crippen LogP contribution in [0, 0.1) is 0 Å². The largest absolute Gasteiger partial charge is 0.492 e. The average molecular weight is 298 g/mol. The van der Waals surface area contributed by atoms with Crippen LogP contribution in [-0.4, -0.2) is 19.2 Å². The van der Waals surface area contributed by atoms with Gasteiger partial charge in [-0.05, 0) is 37.1 Å².